The van der Waals surface area contributed by atoms with Crippen molar-refractivity contribution in [2.45, 2.75) is 19.6 Å². The van der Waals surface area contributed by atoms with Crippen molar-refractivity contribution in [1.82, 2.24) is 5.32 Å². The van der Waals surface area contributed by atoms with Crippen molar-refractivity contribution >= 4 is 23.2 Å². The molecule has 2 rings (SSSR count). The van der Waals surface area contributed by atoms with Crippen molar-refractivity contribution in [2.75, 3.05) is 19.0 Å². The van der Waals surface area contributed by atoms with Gasteiger partial charge in [0.15, 0.2) is 6.10 Å². The van der Waals surface area contributed by atoms with Crippen LogP contribution in [-0.4, -0.2) is 26.1 Å². The number of carbonyl (C=O) groups excluding carboxylic acids is 1. The summed E-state index contributed by atoms with van der Waals surface area (Å²) >= 11 is 6.03. The highest BCUT2D eigenvalue weighted by Crippen LogP contribution is 2.24. The predicted octanol–water partition coefficient (Wildman–Crippen LogP) is 3.49. The Morgan fingerprint density at radius 2 is 1.83 bits per heavy atom. The number of rotatable bonds is 6. The predicted molar refractivity (Wildman–Crippen MR) is 94.2 cm³/mol. The normalized spacial score (nSPS) is 11.7. The van der Waals surface area contributed by atoms with E-state index in [4.69, 9.17) is 16.3 Å². The molecule has 4 nitrogen and oxygen atoms in total. The zero-order chi connectivity index (χ0) is 16.8. The molecular formula is C18H21ClN2O2. The minimum absolute atomic E-state index is 0.179. The summed E-state index contributed by atoms with van der Waals surface area (Å²) in [6.45, 7) is 2.16. The van der Waals surface area contributed by atoms with Gasteiger partial charge in [-0.2, -0.15) is 0 Å². The molecule has 0 aliphatic heterocycles. The highest BCUT2D eigenvalue weighted by Gasteiger charge is 2.15. The minimum Gasteiger partial charge on any atom is -0.479 e. The number of amides is 1. The van der Waals surface area contributed by atoms with Crippen LogP contribution in [0.1, 0.15) is 12.5 Å². The SMILES string of the molecule is CC(Oc1ccccc1Cl)C(=O)NCc1ccc(N(C)C)cc1. The molecular weight excluding hydrogens is 312 g/mol. The first kappa shape index (κ1) is 17.2. The Balaban J connectivity index is 1.87. The summed E-state index contributed by atoms with van der Waals surface area (Å²) in [5, 5.41) is 3.36. The number of benzene rings is 2. The molecule has 0 fully saturated rings. The number of carbonyl (C=O) groups is 1. The van der Waals surface area contributed by atoms with E-state index in [9.17, 15) is 4.79 Å². The average molecular weight is 333 g/mol. The molecule has 2 aromatic rings. The van der Waals surface area contributed by atoms with Gasteiger partial charge in [-0.15, -0.1) is 0 Å². The van der Waals surface area contributed by atoms with Gasteiger partial charge in [-0.3, -0.25) is 4.79 Å². The van der Waals surface area contributed by atoms with Gasteiger partial charge in [0.25, 0.3) is 5.91 Å². The van der Waals surface area contributed by atoms with Crippen LogP contribution in [0.25, 0.3) is 0 Å². The van der Waals surface area contributed by atoms with Crippen molar-refractivity contribution in [3.05, 3.63) is 59.1 Å². The van der Waals surface area contributed by atoms with Gasteiger partial charge in [0.05, 0.1) is 5.02 Å². The molecule has 0 bridgehead atoms. The van der Waals surface area contributed by atoms with Crippen molar-refractivity contribution in [3.8, 4) is 5.75 Å². The third kappa shape index (κ3) is 4.89. The van der Waals surface area contributed by atoms with Gasteiger partial charge in [-0.25, -0.2) is 0 Å². The molecule has 0 aliphatic rings. The maximum Gasteiger partial charge on any atom is 0.261 e. The van der Waals surface area contributed by atoms with Crippen LogP contribution in [0.5, 0.6) is 5.75 Å². The van der Waals surface area contributed by atoms with Gasteiger partial charge >= 0.3 is 0 Å². The number of nitrogens with zero attached hydrogens (tertiary/aromatic N) is 1. The molecule has 122 valence electrons. The van der Waals surface area contributed by atoms with E-state index < -0.39 is 6.10 Å². The average Bonchev–Trinajstić information content (AvgIpc) is 2.55. The van der Waals surface area contributed by atoms with E-state index in [1.807, 2.05) is 55.4 Å². The summed E-state index contributed by atoms with van der Waals surface area (Å²) in [5.41, 5.74) is 2.16. The molecule has 2 aromatic carbocycles. The lowest BCUT2D eigenvalue weighted by Crippen LogP contribution is -2.35. The van der Waals surface area contributed by atoms with E-state index in [0.29, 0.717) is 17.3 Å². The maximum atomic E-state index is 12.1. The second kappa shape index (κ2) is 7.88. The largest absolute Gasteiger partial charge is 0.479 e. The number of halogens is 1. The Hall–Kier alpha value is -2.20. The zero-order valence-electron chi connectivity index (χ0n) is 13.5. The van der Waals surface area contributed by atoms with Crippen LogP contribution in [0.3, 0.4) is 0 Å². The highest BCUT2D eigenvalue weighted by atomic mass is 35.5. The molecule has 0 radical (unpaired) electrons. The molecule has 0 saturated heterocycles. The summed E-state index contributed by atoms with van der Waals surface area (Å²) in [6, 6.07) is 15.1. The van der Waals surface area contributed by atoms with Gasteiger partial charge in [0, 0.05) is 26.3 Å². The van der Waals surface area contributed by atoms with E-state index >= 15 is 0 Å². The van der Waals surface area contributed by atoms with Crippen molar-refractivity contribution in [2.24, 2.45) is 0 Å². The van der Waals surface area contributed by atoms with Gasteiger partial charge in [-0.05, 0) is 36.8 Å². The number of para-hydroxylation sites is 1. The Bertz CT molecular complexity index is 656. The van der Waals surface area contributed by atoms with Crippen LogP contribution in [-0.2, 0) is 11.3 Å². The molecule has 1 unspecified atom stereocenters. The van der Waals surface area contributed by atoms with Gasteiger partial charge in [-0.1, -0.05) is 35.9 Å². The molecule has 0 spiro atoms. The second-order valence-electron chi connectivity index (χ2n) is 5.47. The zero-order valence-corrected chi connectivity index (χ0v) is 14.3. The standard InChI is InChI=1S/C18H21ClN2O2/c1-13(23-17-7-5-4-6-16(17)19)18(22)20-12-14-8-10-15(11-9-14)21(2)3/h4-11,13H,12H2,1-3H3,(H,20,22). The molecule has 1 N–H and O–H groups in total. The first-order chi connectivity index (χ1) is 11.0. The number of ether oxygens (including phenoxy) is 1. The topological polar surface area (TPSA) is 41.6 Å². The highest BCUT2D eigenvalue weighted by molar-refractivity contribution is 6.32. The van der Waals surface area contributed by atoms with E-state index in [1.165, 1.54) is 0 Å². The Labute approximate surface area is 142 Å². The van der Waals surface area contributed by atoms with E-state index in [1.54, 1.807) is 19.1 Å². The van der Waals surface area contributed by atoms with Crippen molar-refractivity contribution < 1.29 is 9.53 Å². The first-order valence-electron chi connectivity index (χ1n) is 7.42. The fraction of sp³-hybridized carbons (Fsp3) is 0.278. The molecule has 0 heterocycles. The molecule has 5 heteroatoms. The van der Waals surface area contributed by atoms with Crippen LogP contribution in [0.15, 0.2) is 48.5 Å². The summed E-state index contributed by atoms with van der Waals surface area (Å²) < 4.78 is 5.60. The van der Waals surface area contributed by atoms with Crippen molar-refractivity contribution in [1.29, 1.82) is 0 Å². The smallest absolute Gasteiger partial charge is 0.261 e. The Kier molecular flexibility index (Phi) is 5.88. The number of hydrogen-bond acceptors (Lipinski definition) is 3. The summed E-state index contributed by atoms with van der Waals surface area (Å²) in [7, 11) is 3.98. The summed E-state index contributed by atoms with van der Waals surface area (Å²) in [5.74, 6) is 0.328. The van der Waals surface area contributed by atoms with Gasteiger partial charge < -0.3 is 15.0 Å². The van der Waals surface area contributed by atoms with E-state index in [0.717, 1.165) is 11.3 Å². The monoisotopic (exact) mass is 332 g/mol. The third-order valence-corrected chi connectivity index (χ3v) is 3.74. The van der Waals surface area contributed by atoms with Crippen LogP contribution in [0.2, 0.25) is 5.02 Å². The summed E-state index contributed by atoms with van der Waals surface area (Å²) in [4.78, 5) is 14.1. The molecule has 0 aliphatic carbocycles. The molecule has 0 saturated carbocycles. The quantitative estimate of drug-likeness (QED) is 0.880. The van der Waals surface area contributed by atoms with Crippen molar-refractivity contribution in [3.63, 3.8) is 0 Å². The van der Waals surface area contributed by atoms with E-state index in [2.05, 4.69) is 5.32 Å². The molecule has 1 amide bonds. The lowest BCUT2D eigenvalue weighted by Gasteiger charge is -2.16. The fourth-order valence-electron chi connectivity index (χ4n) is 2.03. The number of anilines is 1. The number of hydrogen-bond donors (Lipinski definition) is 1. The van der Waals surface area contributed by atoms with E-state index in [-0.39, 0.29) is 5.91 Å². The molecule has 1 atom stereocenters. The lowest BCUT2D eigenvalue weighted by molar-refractivity contribution is -0.127. The Morgan fingerprint density at radius 3 is 2.43 bits per heavy atom. The van der Waals surface area contributed by atoms with Crippen LogP contribution >= 0.6 is 11.6 Å². The molecule has 0 aromatic heterocycles. The fourth-order valence-corrected chi connectivity index (χ4v) is 2.21. The van der Waals surface area contributed by atoms with Crippen LogP contribution in [0, 0.1) is 0 Å². The van der Waals surface area contributed by atoms with Gasteiger partial charge in [0.1, 0.15) is 5.75 Å². The summed E-state index contributed by atoms with van der Waals surface area (Å²) in [6.07, 6.45) is -0.615. The third-order valence-electron chi connectivity index (χ3n) is 3.43. The lowest BCUT2D eigenvalue weighted by atomic mass is 10.2. The maximum absolute atomic E-state index is 12.1. The second-order valence-corrected chi connectivity index (χ2v) is 5.88. The van der Waals surface area contributed by atoms with Crippen LogP contribution in [0.4, 0.5) is 5.69 Å². The molecule has 23 heavy (non-hydrogen) atoms. The first-order valence-corrected chi connectivity index (χ1v) is 7.80. The minimum atomic E-state index is -0.615. The van der Waals surface area contributed by atoms with Crippen LogP contribution < -0.4 is 15.0 Å². The Morgan fingerprint density at radius 1 is 1.17 bits per heavy atom. The van der Waals surface area contributed by atoms with Gasteiger partial charge in [0.2, 0.25) is 0 Å². The number of nitrogens with one attached hydrogen (secondary N) is 1.